The summed E-state index contributed by atoms with van der Waals surface area (Å²) in [6.07, 6.45) is 15.5. The van der Waals surface area contributed by atoms with Gasteiger partial charge in [-0.2, -0.15) is 0 Å². The quantitative estimate of drug-likeness (QED) is 0.0384. The number of unbranched alkanes of at least 4 members (excludes halogenated alkanes) is 10. The fourth-order valence-corrected chi connectivity index (χ4v) is 8.51. The highest BCUT2D eigenvalue weighted by atomic mass is 79.9. The van der Waals surface area contributed by atoms with Crippen LogP contribution in [0, 0.1) is 6.92 Å². The van der Waals surface area contributed by atoms with E-state index in [4.69, 9.17) is 9.47 Å². The van der Waals surface area contributed by atoms with Crippen molar-refractivity contribution < 1.29 is 14.3 Å². The summed E-state index contributed by atoms with van der Waals surface area (Å²) in [7, 11) is 0. The van der Waals surface area contributed by atoms with Crippen molar-refractivity contribution in [1.29, 1.82) is 0 Å². The lowest BCUT2D eigenvalue weighted by atomic mass is 9.88. The molecule has 7 rings (SSSR count). The second kappa shape index (κ2) is 15.0. The number of ether oxygens (including phenoxy) is 2. The van der Waals surface area contributed by atoms with Crippen molar-refractivity contribution in [3.63, 3.8) is 0 Å². The van der Waals surface area contributed by atoms with E-state index in [1.165, 1.54) is 83.7 Å². The standard InChI is InChI=1S/C44H48BrNO3/c1-4-6-8-10-12-14-22-48-38-24-29(3)25-39(49-23-15-13-11-9-7-5-2)44(38)46-36-26-30(28-47)31-18-16-19-32-33-20-17-21-34-35(45)27-37(46)43(41(33)34)42(36)40(31)32/h16-21,24-28H,4-15,22-23H2,1-3H3. The average molecular weight is 719 g/mol. The second-order valence-corrected chi connectivity index (χ2v) is 14.7. The maximum absolute atomic E-state index is 12.7. The van der Waals surface area contributed by atoms with Crippen molar-refractivity contribution in [2.45, 2.75) is 97.8 Å². The number of fused-ring (bicyclic) bond motifs is 1. The van der Waals surface area contributed by atoms with Gasteiger partial charge in [-0.05, 0) is 71.1 Å². The highest BCUT2D eigenvalue weighted by Crippen LogP contribution is 2.51. The molecular weight excluding hydrogens is 670 g/mol. The number of aryl methyl sites for hydroxylation is 1. The summed E-state index contributed by atoms with van der Waals surface area (Å²) in [6, 6.07) is 21.6. The fourth-order valence-electron chi connectivity index (χ4n) is 7.96. The first-order valence-corrected chi connectivity index (χ1v) is 19.4. The lowest BCUT2D eigenvalue weighted by Crippen LogP contribution is -2.08. The number of aromatic nitrogens is 1. The van der Waals surface area contributed by atoms with Crippen molar-refractivity contribution in [3.8, 4) is 17.2 Å². The van der Waals surface area contributed by atoms with Gasteiger partial charge in [-0.25, -0.2) is 0 Å². The number of carbonyl (C=O) groups excluding carboxylic acids is 1. The van der Waals surface area contributed by atoms with Gasteiger partial charge >= 0.3 is 0 Å². The van der Waals surface area contributed by atoms with Crippen LogP contribution >= 0.6 is 15.9 Å². The first kappa shape index (κ1) is 33.7. The van der Waals surface area contributed by atoms with Crippen molar-refractivity contribution >= 4 is 76.3 Å². The van der Waals surface area contributed by atoms with Gasteiger partial charge in [0.1, 0.15) is 17.2 Å². The number of benzene rings is 6. The number of nitrogens with zero attached hydrogens (tertiary/aromatic N) is 1. The molecule has 0 spiro atoms. The molecule has 6 aromatic carbocycles. The van der Waals surface area contributed by atoms with Gasteiger partial charge in [-0.15, -0.1) is 0 Å². The third-order valence-corrected chi connectivity index (χ3v) is 11.0. The van der Waals surface area contributed by atoms with E-state index >= 15 is 0 Å². The molecule has 0 saturated carbocycles. The Morgan fingerprint density at radius 2 is 1.10 bits per heavy atom. The molecule has 0 fully saturated rings. The van der Waals surface area contributed by atoms with Crippen molar-refractivity contribution in [3.05, 3.63) is 76.3 Å². The van der Waals surface area contributed by atoms with Gasteiger partial charge in [-0.1, -0.05) is 130 Å². The van der Waals surface area contributed by atoms with Gasteiger partial charge in [0.25, 0.3) is 0 Å². The average Bonchev–Trinajstić information content (AvgIpc) is 3.43. The molecule has 0 aliphatic heterocycles. The lowest BCUT2D eigenvalue weighted by molar-refractivity contribution is 0.112. The first-order chi connectivity index (χ1) is 24.1. The summed E-state index contributed by atoms with van der Waals surface area (Å²) >= 11 is 3.97. The van der Waals surface area contributed by atoms with Gasteiger partial charge in [0.15, 0.2) is 6.29 Å². The smallest absolute Gasteiger partial charge is 0.150 e. The lowest BCUT2D eigenvalue weighted by Gasteiger charge is -2.20. The summed E-state index contributed by atoms with van der Waals surface area (Å²) < 4.78 is 16.9. The summed E-state index contributed by atoms with van der Waals surface area (Å²) in [5.41, 5.74) is 4.81. The van der Waals surface area contributed by atoms with E-state index in [0.29, 0.717) is 18.8 Å². The molecule has 49 heavy (non-hydrogen) atoms. The zero-order valence-electron chi connectivity index (χ0n) is 29.3. The Morgan fingerprint density at radius 1 is 0.612 bits per heavy atom. The number of rotatable bonds is 18. The van der Waals surface area contributed by atoms with Crippen LogP contribution in [0.2, 0.25) is 0 Å². The minimum Gasteiger partial charge on any atom is -0.491 e. The predicted molar refractivity (Wildman–Crippen MR) is 211 cm³/mol. The number of aldehydes is 1. The minimum atomic E-state index is 0.653. The van der Waals surface area contributed by atoms with Gasteiger partial charge < -0.3 is 14.0 Å². The van der Waals surface area contributed by atoms with Crippen LogP contribution in [0.4, 0.5) is 0 Å². The maximum atomic E-state index is 12.7. The predicted octanol–water partition coefficient (Wildman–Crippen LogP) is 13.5. The molecule has 0 atom stereocenters. The Kier molecular flexibility index (Phi) is 10.3. The summed E-state index contributed by atoms with van der Waals surface area (Å²) in [6.45, 7) is 7.95. The van der Waals surface area contributed by atoms with Crippen LogP contribution in [0.3, 0.4) is 0 Å². The molecule has 1 heterocycles. The first-order valence-electron chi connectivity index (χ1n) is 18.6. The van der Waals surface area contributed by atoms with Crippen LogP contribution in [0.15, 0.2) is 65.1 Å². The van der Waals surface area contributed by atoms with Crippen LogP contribution in [-0.4, -0.2) is 24.1 Å². The number of hydrogen-bond acceptors (Lipinski definition) is 3. The van der Waals surface area contributed by atoms with Crippen molar-refractivity contribution in [2.24, 2.45) is 0 Å². The normalized spacial score (nSPS) is 12.1. The summed E-state index contributed by atoms with van der Waals surface area (Å²) in [5, 5.41) is 9.34. The Morgan fingerprint density at radius 3 is 1.67 bits per heavy atom. The Balaban J connectivity index is 1.43. The second-order valence-electron chi connectivity index (χ2n) is 13.9. The van der Waals surface area contributed by atoms with E-state index in [9.17, 15) is 4.79 Å². The minimum absolute atomic E-state index is 0.653. The van der Waals surface area contributed by atoms with Crippen LogP contribution in [0.25, 0.3) is 59.8 Å². The molecule has 0 amide bonds. The van der Waals surface area contributed by atoms with Gasteiger partial charge in [0.2, 0.25) is 0 Å². The molecule has 1 aromatic heterocycles. The molecular formula is C44H48BrNO3. The van der Waals surface area contributed by atoms with E-state index < -0.39 is 0 Å². The van der Waals surface area contributed by atoms with Crippen LogP contribution in [0.1, 0.15) is 107 Å². The van der Waals surface area contributed by atoms with Crippen molar-refractivity contribution in [1.82, 2.24) is 4.57 Å². The molecule has 0 bridgehead atoms. The molecule has 0 saturated heterocycles. The van der Waals surface area contributed by atoms with E-state index in [2.05, 4.69) is 102 Å². The third-order valence-electron chi connectivity index (χ3n) is 10.3. The monoisotopic (exact) mass is 717 g/mol. The third kappa shape index (κ3) is 6.24. The largest absolute Gasteiger partial charge is 0.491 e. The summed E-state index contributed by atoms with van der Waals surface area (Å²) in [4.78, 5) is 12.7. The zero-order valence-corrected chi connectivity index (χ0v) is 30.9. The van der Waals surface area contributed by atoms with Gasteiger partial charge in [0.05, 0.1) is 24.2 Å². The highest BCUT2D eigenvalue weighted by Gasteiger charge is 2.27. The molecule has 7 aromatic rings. The zero-order chi connectivity index (χ0) is 33.9. The van der Waals surface area contributed by atoms with Crippen LogP contribution in [0.5, 0.6) is 11.5 Å². The molecule has 0 N–H and O–H groups in total. The Bertz CT molecular complexity index is 2170. The van der Waals surface area contributed by atoms with E-state index in [1.54, 1.807) is 0 Å². The SMILES string of the molecule is CCCCCCCCOc1cc(C)cc(OCCCCCCCC)c1-n1c2cc(Br)c3cccc4c5cccc6c(C=O)cc1c(c65)c2c34. The fraction of sp³-hybridized carbons (Fsp3) is 0.386. The molecule has 0 radical (unpaired) electrons. The van der Waals surface area contributed by atoms with Crippen molar-refractivity contribution in [2.75, 3.05) is 13.2 Å². The van der Waals surface area contributed by atoms with E-state index in [0.717, 1.165) is 81.0 Å². The molecule has 0 aliphatic carbocycles. The van der Waals surface area contributed by atoms with Gasteiger partial charge in [0, 0.05) is 31.6 Å². The molecule has 0 unspecified atom stereocenters. The maximum Gasteiger partial charge on any atom is 0.150 e. The van der Waals surface area contributed by atoms with E-state index in [-0.39, 0.29) is 0 Å². The number of hydrogen-bond donors (Lipinski definition) is 0. The topological polar surface area (TPSA) is 40.5 Å². The molecule has 5 heteroatoms. The number of halogens is 1. The highest BCUT2D eigenvalue weighted by molar-refractivity contribution is 9.10. The van der Waals surface area contributed by atoms with Crippen LogP contribution < -0.4 is 9.47 Å². The number of carbonyl (C=O) groups is 1. The van der Waals surface area contributed by atoms with E-state index in [1.807, 2.05) is 0 Å². The van der Waals surface area contributed by atoms with Crippen LogP contribution in [-0.2, 0) is 0 Å². The molecule has 0 aliphatic rings. The van der Waals surface area contributed by atoms with Gasteiger partial charge in [-0.3, -0.25) is 4.79 Å². The summed E-state index contributed by atoms with van der Waals surface area (Å²) in [5.74, 6) is 1.66. The molecule has 4 nitrogen and oxygen atoms in total. The molecule has 254 valence electrons. The Hall–Kier alpha value is -3.83. The Labute approximate surface area is 298 Å².